The molecule has 2 aromatic rings. The highest BCUT2D eigenvalue weighted by Crippen LogP contribution is 2.39. The quantitative estimate of drug-likeness (QED) is 0.655. The van der Waals surface area contributed by atoms with Gasteiger partial charge in [0, 0.05) is 43.0 Å². The Labute approximate surface area is 207 Å². The Morgan fingerprint density at radius 3 is 2.63 bits per heavy atom. The third-order valence-corrected chi connectivity index (χ3v) is 6.90. The first-order valence-electron chi connectivity index (χ1n) is 12.6. The van der Waals surface area contributed by atoms with E-state index >= 15 is 0 Å². The average molecular weight is 483 g/mol. The maximum atomic E-state index is 12.4. The number of likely N-dealkylation sites (tertiary alicyclic amines) is 1. The molecule has 0 radical (unpaired) electrons. The van der Waals surface area contributed by atoms with Gasteiger partial charge in [0.05, 0.1) is 24.9 Å². The minimum Gasteiger partial charge on any atom is -0.447 e. The summed E-state index contributed by atoms with van der Waals surface area (Å²) in [6.45, 7) is 11.1. The van der Waals surface area contributed by atoms with Gasteiger partial charge >= 0.3 is 6.09 Å². The van der Waals surface area contributed by atoms with E-state index in [0.29, 0.717) is 12.5 Å². The number of hydrogen-bond acceptors (Lipinski definition) is 6. The first-order chi connectivity index (χ1) is 16.7. The largest absolute Gasteiger partial charge is 0.447 e. The van der Waals surface area contributed by atoms with Crippen LogP contribution in [0.5, 0.6) is 0 Å². The Bertz CT molecular complexity index is 1040. The molecular weight excluding hydrogens is 444 g/mol. The summed E-state index contributed by atoms with van der Waals surface area (Å²) >= 11 is 0. The van der Waals surface area contributed by atoms with E-state index in [1.807, 2.05) is 43.8 Å². The smallest absolute Gasteiger partial charge is 0.407 e. The van der Waals surface area contributed by atoms with Gasteiger partial charge in [0.25, 0.3) is 0 Å². The van der Waals surface area contributed by atoms with Gasteiger partial charge in [-0.15, -0.1) is 0 Å². The van der Waals surface area contributed by atoms with Crippen molar-refractivity contribution in [3.05, 3.63) is 36.2 Å². The monoisotopic (exact) mass is 482 g/mol. The van der Waals surface area contributed by atoms with Gasteiger partial charge in [-0.1, -0.05) is 6.07 Å². The SMILES string of the molecule is CC(=O)N1c2ccc(-c3cnn(CCN4CCC(N)CC4)c3)cc2[C@H](NC(=O)OC(C)C)C[C@@H]1C. The zero-order valence-electron chi connectivity index (χ0n) is 21.2. The number of aromatic nitrogens is 2. The van der Waals surface area contributed by atoms with Gasteiger partial charge in [0.15, 0.2) is 0 Å². The number of benzene rings is 1. The number of nitrogens with zero attached hydrogens (tertiary/aromatic N) is 4. The van der Waals surface area contributed by atoms with Crippen molar-refractivity contribution in [1.29, 1.82) is 0 Å². The molecule has 2 aliphatic rings. The van der Waals surface area contributed by atoms with Gasteiger partial charge < -0.3 is 25.6 Å². The molecule has 1 aromatic heterocycles. The molecule has 1 fully saturated rings. The molecule has 2 aliphatic heterocycles. The van der Waals surface area contributed by atoms with E-state index in [-0.39, 0.29) is 24.1 Å². The molecule has 0 bridgehead atoms. The van der Waals surface area contributed by atoms with Crippen LogP contribution in [0.1, 0.15) is 58.6 Å². The van der Waals surface area contributed by atoms with Crippen LogP contribution in [0.3, 0.4) is 0 Å². The summed E-state index contributed by atoms with van der Waals surface area (Å²) in [6, 6.07) is 6.09. The number of nitrogens with one attached hydrogen (secondary N) is 1. The topological polar surface area (TPSA) is 106 Å². The molecule has 2 atom stereocenters. The van der Waals surface area contributed by atoms with E-state index in [4.69, 9.17) is 10.5 Å². The summed E-state index contributed by atoms with van der Waals surface area (Å²) < 4.78 is 7.30. The predicted octanol–water partition coefficient (Wildman–Crippen LogP) is 3.29. The minimum atomic E-state index is -0.448. The third kappa shape index (κ3) is 6.02. The molecule has 2 amide bonds. The maximum Gasteiger partial charge on any atom is 0.407 e. The number of ether oxygens (including phenoxy) is 1. The highest BCUT2D eigenvalue weighted by molar-refractivity contribution is 5.94. The number of anilines is 1. The van der Waals surface area contributed by atoms with Crippen LogP contribution in [-0.4, -0.2) is 64.5 Å². The Morgan fingerprint density at radius 2 is 1.94 bits per heavy atom. The van der Waals surface area contributed by atoms with Crippen molar-refractivity contribution < 1.29 is 14.3 Å². The lowest BCUT2D eigenvalue weighted by atomic mass is 9.89. The molecule has 3 heterocycles. The zero-order chi connectivity index (χ0) is 25.1. The van der Waals surface area contributed by atoms with Crippen LogP contribution in [0.15, 0.2) is 30.6 Å². The lowest BCUT2D eigenvalue weighted by Crippen LogP contribution is -2.45. The van der Waals surface area contributed by atoms with Gasteiger partial charge in [0.2, 0.25) is 5.91 Å². The molecule has 0 spiro atoms. The van der Waals surface area contributed by atoms with Crippen molar-refractivity contribution in [2.75, 3.05) is 24.5 Å². The Morgan fingerprint density at radius 1 is 1.20 bits per heavy atom. The first kappa shape index (κ1) is 25.2. The fourth-order valence-corrected chi connectivity index (χ4v) is 5.11. The second-order valence-corrected chi connectivity index (χ2v) is 10.1. The van der Waals surface area contributed by atoms with Crippen molar-refractivity contribution in [2.45, 2.75) is 77.7 Å². The number of fused-ring (bicyclic) bond motifs is 1. The number of piperidine rings is 1. The van der Waals surface area contributed by atoms with Gasteiger partial charge in [-0.05, 0) is 76.4 Å². The van der Waals surface area contributed by atoms with Crippen LogP contribution in [0.2, 0.25) is 0 Å². The number of rotatable bonds is 6. The van der Waals surface area contributed by atoms with Crippen molar-refractivity contribution in [3.63, 3.8) is 0 Å². The van der Waals surface area contributed by atoms with Crippen LogP contribution in [0.4, 0.5) is 10.5 Å². The highest BCUT2D eigenvalue weighted by Gasteiger charge is 2.34. The van der Waals surface area contributed by atoms with Gasteiger partial charge in [-0.25, -0.2) is 4.79 Å². The van der Waals surface area contributed by atoms with E-state index in [0.717, 1.165) is 61.4 Å². The molecule has 0 aliphatic carbocycles. The van der Waals surface area contributed by atoms with E-state index < -0.39 is 6.09 Å². The molecule has 9 heteroatoms. The molecular formula is C26H38N6O3. The van der Waals surface area contributed by atoms with Crippen LogP contribution in [0, 0.1) is 0 Å². The number of hydrogen-bond donors (Lipinski definition) is 2. The van der Waals surface area contributed by atoms with E-state index in [2.05, 4.69) is 27.6 Å². The molecule has 0 unspecified atom stereocenters. The maximum absolute atomic E-state index is 12.4. The first-order valence-corrected chi connectivity index (χ1v) is 12.6. The minimum absolute atomic E-state index is 0.0128. The van der Waals surface area contributed by atoms with Crippen LogP contribution >= 0.6 is 0 Å². The number of amides is 2. The van der Waals surface area contributed by atoms with E-state index in [1.54, 1.807) is 11.8 Å². The predicted molar refractivity (Wildman–Crippen MR) is 136 cm³/mol. The number of carbonyl (C=O) groups excluding carboxylic acids is 2. The normalized spacial score (nSPS) is 21.1. The van der Waals surface area contributed by atoms with Gasteiger partial charge in [-0.3, -0.25) is 9.48 Å². The van der Waals surface area contributed by atoms with Crippen molar-refractivity contribution in [1.82, 2.24) is 20.0 Å². The molecule has 4 rings (SSSR count). The lowest BCUT2D eigenvalue weighted by molar-refractivity contribution is -0.117. The van der Waals surface area contributed by atoms with Crippen molar-refractivity contribution in [3.8, 4) is 11.1 Å². The summed E-state index contributed by atoms with van der Waals surface area (Å²) in [7, 11) is 0. The Balaban J connectivity index is 1.53. The molecule has 1 aromatic carbocycles. The Hall–Kier alpha value is -2.91. The zero-order valence-corrected chi connectivity index (χ0v) is 21.2. The van der Waals surface area contributed by atoms with Gasteiger partial charge in [0.1, 0.15) is 0 Å². The summed E-state index contributed by atoms with van der Waals surface area (Å²) in [5.74, 6) is -0.0128. The fraction of sp³-hybridized carbons (Fsp3) is 0.577. The lowest BCUT2D eigenvalue weighted by Gasteiger charge is -2.39. The van der Waals surface area contributed by atoms with E-state index in [1.165, 1.54) is 0 Å². The second kappa shape index (κ2) is 10.8. The Kier molecular flexibility index (Phi) is 7.76. The van der Waals surface area contributed by atoms with Gasteiger partial charge in [-0.2, -0.15) is 5.10 Å². The third-order valence-electron chi connectivity index (χ3n) is 6.90. The standard InChI is InChI=1S/C26H38N6O3/c1-17(2)35-26(34)29-24-13-18(3)32(19(4)33)25-6-5-20(14-23(24)25)21-15-28-31(16-21)12-11-30-9-7-22(27)8-10-30/h5-6,14-18,22,24H,7-13,27H2,1-4H3,(H,29,34)/t18-,24+/m0/s1. The van der Waals surface area contributed by atoms with E-state index in [9.17, 15) is 9.59 Å². The number of alkyl carbamates (subject to hydrolysis) is 1. The molecule has 35 heavy (non-hydrogen) atoms. The number of carbonyl (C=O) groups is 2. The number of nitrogens with two attached hydrogens (primary N) is 1. The molecule has 190 valence electrons. The van der Waals surface area contributed by atoms with Crippen LogP contribution in [0.25, 0.3) is 11.1 Å². The summed E-state index contributed by atoms with van der Waals surface area (Å²) in [5.41, 5.74) is 9.76. The summed E-state index contributed by atoms with van der Waals surface area (Å²) in [5, 5.41) is 7.58. The summed E-state index contributed by atoms with van der Waals surface area (Å²) in [4.78, 5) is 29.1. The molecule has 9 nitrogen and oxygen atoms in total. The fourth-order valence-electron chi connectivity index (χ4n) is 5.11. The highest BCUT2D eigenvalue weighted by atomic mass is 16.6. The molecule has 1 saturated heterocycles. The van der Waals surface area contributed by atoms with Crippen molar-refractivity contribution >= 4 is 17.7 Å². The van der Waals surface area contributed by atoms with Crippen molar-refractivity contribution in [2.24, 2.45) is 5.73 Å². The summed E-state index contributed by atoms with van der Waals surface area (Å²) in [6.07, 6.45) is 5.99. The van der Waals surface area contributed by atoms with Crippen LogP contribution < -0.4 is 16.0 Å². The van der Waals surface area contributed by atoms with Crippen LogP contribution in [-0.2, 0) is 16.1 Å². The molecule has 0 saturated carbocycles. The second-order valence-electron chi connectivity index (χ2n) is 10.1. The average Bonchev–Trinajstić information content (AvgIpc) is 3.27. The molecule has 3 N–H and O–H groups in total.